The number of aliphatic hydroxyl groups is 1. The maximum absolute atomic E-state index is 12.8. The van der Waals surface area contributed by atoms with Crippen molar-refractivity contribution in [1.82, 2.24) is 0 Å². The van der Waals surface area contributed by atoms with Crippen molar-refractivity contribution in [3.63, 3.8) is 0 Å². The molecule has 15 heavy (non-hydrogen) atoms. The fraction of sp³-hybridized carbons (Fsp3) is 0.364. The normalized spacial score (nSPS) is 12.1. The molecule has 0 fully saturated rings. The number of aliphatic hydroxyl groups excluding tert-OH is 1. The predicted molar refractivity (Wildman–Crippen MR) is 52.5 cm³/mol. The Bertz CT molecular complexity index is 373. The van der Waals surface area contributed by atoms with Crippen LogP contribution >= 0.6 is 0 Å². The van der Waals surface area contributed by atoms with Crippen molar-refractivity contribution in [2.24, 2.45) is 0 Å². The Morgan fingerprint density at radius 1 is 1.60 bits per heavy atom. The zero-order chi connectivity index (χ0) is 11.3. The summed E-state index contributed by atoms with van der Waals surface area (Å²) in [7, 11) is 0. The van der Waals surface area contributed by atoms with Gasteiger partial charge in [-0.2, -0.15) is 5.26 Å². The van der Waals surface area contributed by atoms with Gasteiger partial charge in [0.25, 0.3) is 0 Å². The molecule has 0 aliphatic heterocycles. The van der Waals surface area contributed by atoms with E-state index in [1.54, 1.807) is 6.92 Å². The molecule has 3 nitrogen and oxygen atoms in total. The first-order valence-corrected chi connectivity index (χ1v) is 4.57. The third-order valence-electron chi connectivity index (χ3n) is 2.01. The number of ether oxygens (including phenoxy) is 1. The lowest BCUT2D eigenvalue weighted by atomic mass is 10.0. The molecular formula is C11H12FNO2. The van der Waals surface area contributed by atoms with Crippen molar-refractivity contribution in [3.05, 3.63) is 35.1 Å². The zero-order valence-corrected chi connectivity index (χ0v) is 8.40. The minimum atomic E-state index is -0.752. The number of nitriles is 1. The topological polar surface area (TPSA) is 53.2 Å². The molecule has 0 saturated heterocycles. The number of rotatable bonds is 4. The van der Waals surface area contributed by atoms with Crippen LogP contribution in [0, 0.1) is 24.1 Å². The number of hydrogen-bond donors (Lipinski definition) is 1. The van der Waals surface area contributed by atoms with E-state index in [-0.39, 0.29) is 19.0 Å². The summed E-state index contributed by atoms with van der Waals surface area (Å²) in [6, 6.07) is 6.12. The number of halogens is 1. The van der Waals surface area contributed by atoms with Crippen LogP contribution in [-0.2, 0) is 4.74 Å². The van der Waals surface area contributed by atoms with Crippen molar-refractivity contribution in [2.45, 2.75) is 13.0 Å². The van der Waals surface area contributed by atoms with Gasteiger partial charge in [0.2, 0.25) is 0 Å². The molecular weight excluding hydrogens is 197 g/mol. The van der Waals surface area contributed by atoms with Crippen LogP contribution in [-0.4, -0.2) is 18.3 Å². The molecule has 1 aromatic carbocycles. The standard InChI is InChI=1S/C11H12FNO2/c1-8-6-9(12)2-3-10(8)11(7-13)15-5-4-14/h2-3,6,11,14H,4-5H2,1H3. The van der Waals surface area contributed by atoms with E-state index in [4.69, 9.17) is 15.1 Å². The first kappa shape index (κ1) is 11.6. The highest BCUT2D eigenvalue weighted by atomic mass is 19.1. The van der Waals surface area contributed by atoms with Crippen LogP contribution in [0.3, 0.4) is 0 Å². The fourth-order valence-corrected chi connectivity index (χ4v) is 1.30. The number of nitrogens with zero attached hydrogens (tertiary/aromatic N) is 1. The molecule has 0 bridgehead atoms. The largest absolute Gasteiger partial charge is 0.394 e. The van der Waals surface area contributed by atoms with E-state index >= 15 is 0 Å². The summed E-state index contributed by atoms with van der Waals surface area (Å²) < 4.78 is 17.9. The van der Waals surface area contributed by atoms with E-state index in [0.29, 0.717) is 11.1 Å². The molecule has 4 heteroatoms. The Kier molecular flexibility index (Phi) is 4.22. The van der Waals surface area contributed by atoms with Crippen molar-refractivity contribution in [1.29, 1.82) is 5.26 Å². The maximum Gasteiger partial charge on any atom is 0.169 e. The Hall–Kier alpha value is -1.44. The van der Waals surface area contributed by atoms with E-state index in [1.807, 2.05) is 6.07 Å². The second-order valence-electron chi connectivity index (χ2n) is 3.10. The summed E-state index contributed by atoms with van der Waals surface area (Å²) in [6.45, 7) is 1.67. The molecule has 1 aromatic rings. The van der Waals surface area contributed by atoms with Crippen LogP contribution in [0.25, 0.3) is 0 Å². The van der Waals surface area contributed by atoms with Gasteiger partial charge in [0.05, 0.1) is 19.3 Å². The minimum Gasteiger partial charge on any atom is -0.394 e. The first-order chi connectivity index (χ1) is 7.19. The predicted octanol–water partition coefficient (Wildman–Crippen LogP) is 1.71. The van der Waals surface area contributed by atoms with E-state index in [2.05, 4.69) is 0 Å². The van der Waals surface area contributed by atoms with Crippen LogP contribution < -0.4 is 0 Å². The Labute approximate surface area is 87.7 Å². The van der Waals surface area contributed by atoms with Gasteiger partial charge in [-0.3, -0.25) is 0 Å². The molecule has 1 N–H and O–H groups in total. The lowest BCUT2D eigenvalue weighted by Gasteiger charge is -2.12. The van der Waals surface area contributed by atoms with Crippen LogP contribution in [0.5, 0.6) is 0 Å². The average Bonchev–Trinajstić information content (AvgIpc) is 2.21. The molecule has 0 aliphatic rings. The first-order valence-electron chi connectivity index (χ1n) is 4.57. The SMILES string of the molecule is Cc1cc(F)ccc1C(C#N)OCCO. The Morgan fingerprint density at radius 3 is 2.87 bits per heavy atom. The third-order valence-corrected chi connectivity index (χ3v) is 2.01. The van der Waals surface area contributed by atoms with Gasteiger partial charge >= 0.3 is 0 Å². The molecule has 0 amide bonds. The summed E-state index contributed by atoms with van der Waals surface area (Å²) >= 11 is 0. The summed E-state index contributed by atoms with van der Waals surface area (Å²) in [5.41, 5.74) is 1.30. The molecule has 1 unspecified atom stereocenters. The molecule has 0 saturated carbocycles. The van der Waals surface area contributed by atoms with Crippen LogP contribution in [0.1, 0.15) is 17.2 Å². The van der Waals surface area contributed by atoms with Gasteiger partial charge in [0.15, 0.2) is 6.10 Å². The molecule has 0 aromatic heterocycles. The van der Waals surface area contributed by atoms with E-state index in [1.165, 1.54) is 18.2 Å². The molecule has 0 spiro atoms. The van der Waals surface area contributed by atoms with Crippen molar-refractivity contribution in [3.8, 4) is 6.07 Å². The molecule has 0 heterocycles. The zero-order valence-electron chi connectivity index (χ0n) is 8.40. The molecule has 80 valence electrons. The van der Waals surface area contributed by atoms with E-state index < -0.39 is 6.10 Å². The highest BCUT2D eigenvalue weighted by Gasteiger charge is 2.13. The van der Waals surface area contributed by atoms with Crippen molar-refractivity contribution in [2.75, 3.05) is 13.2 Å². The highest BCUT2D eigenvalue weighted by Crippen LogP contribution is 2.21. The molecule has 1 rings (SSSR count). The summed E-state index contributed by atoms with van der Waals surface area (Å²) in [6.07, 6.45) is -0.752. The van der Waals surface area contributed by atoms with Crippen LogP contribution in [0.15, 0.2) is 18.2 Å². The summed E-state index contributed by atoms with van der Waals surface area (Å²) in [5, 5.41) is 17.4. The van der Waals surface area contributed by atoms with Crippen molar-refractivity contribution < 1.29 is 14.2 Å². The summed E-state index contributed by atoms with van der Waals surface area (Å²) in [4.78, 5) is 0. The van der Waals surface area contributed by atoms with Gasteiger partial charge in [0, 0.05) is 0 Å². The molecule has 0 radical (unpaired) electrons. The second kappa shape index (κ2) is 5.44. The lowest BCUT2D eigenvalue weighted by Crippen LogP contribution is -2.07. The minimum absolute atomic E-state index is 0.0923. The van der Waals surface area contributed by atoms with Gasteiger partial charge in [-0.25, -0.2) is 4.39 Å². The van der Waals surface area contributed by atoms with E-state index in [9.17, 15) is 4.39 Å². The highest BCUT2D eigenvalue weighted by molar-refractivity contribution is 5.31. The smallest absolute Gasteiger partial charge is 0.169 e. The van der Waals surface area contributed by atoms with Crippen molar-refractivity contribution >= 4 is 0 Å². The average molecular weight is 209 g/mol. The number of hydrogen-bond acceptors (Lipinski definition) is 3. The van der Waals surface area contributed by atoms with Gasteiger partial charge < -0.3 is 9.84 Å². The number of benzene rings is 1. The second-order valence-corrected chi connectivity index (χ2v) is 3.10. The lowest BCUT2D eigenvalue weighted by molar-refractivity contribution is 0.0578. The third kappa shape index (κ3) is 3.01. The Morgan fingerprint density at radius 2 is 2.33 bits per heavy atom. The summed E-state index contributed by atoms with van der Waals surface area (Å²) in [5.74, 6) is -0.338. The molecule has 1 atom stereocenters. The van der Waals surface area contributed by atoms with E-state index in [0.717, 1.165) is 0 Å². The van der Waals surface area contributed by atoms with Gasteiger partial charge in [-0.15, -0.1) is 0 Å². The monoisotopic (exact) mass is 209 g/mol. The molecule has 0 aliphatic carbocycles. The fourth-order valence-electron chi connectivity index (χ4n) is 1.30. The quantitative estimate of drug-likeness (QED) is 0.821. The van der Waals surface area contributed by atoms with Gasteiger partial charge in [-0.1, -0.05) is 6.07 Å². The van der Waals surface area contributed by atoms with Crippen LogP contribution in [0.4, 0.5) is 4.39 Å². The maximum atomic E-state index is 12.8. The van der Waals surface area contributed by atoms with Gasteiger partial charge in [0.1, 0.15) is 5.82 Å². The van der Waals surface area contributed by atoms with Crippen LogP contribution in [0.2, 0.25) is 0 Å². The van der Waals surface area contributed by atoms with Gasteiger partial charge in [-0.05, 0) is 30.2 Å². The number of aryl methyl sites for hydroxylation is 1. The Balaban J connectivity index is 2.88.